The van der Waals surface area contributed by atoms with Crippen LogP contribution in [0.4, 0.5) is 0 Å². The first kappa shape index (κ1) is 16.7. The molecular formula is C13H22N2O4S. The number of likely N-dealkylation sites (N-methyl/N-ethyl adjacent to an activating group) is 1. The molecule has 20 heavy (non-hydrogen) atoms. The smallest absolute Gasteiger partial charge is 0.240 e. The molecule has 0 spiro atoms. The summed E-state index contributed by atoms with van der Waals surface area (Å²) in [5.41, 5.74) is 0. The molecule has 0 aliphatic heterocycles. The minimum absolute atomic E-state index is 0.0577. The molecule has 6 nitrogen and oxygen atoms in total. The molecule has 1 aromatic rings. The number of hydrogen-bond acceptors (Lipinski definition) is 5. The highest BCUT2D eigenvalue weighted by Crippen LogP contribution is 2.25. The first-order valence-electron chi connectivity index (χ1n) is 6.39. The Balaban J connectivity index is 2.91. The lowest BCUT2D eigenvalue weighted by molar-refractivity contribution is 0.392. The Morgan fingerprint density at radius 2 is 1.70 bits per heavy atom. The topological polar surface area (TPSA) is 76.7 Å². The SMILES string of the molecule is CCN[C@H](C)CNS(=O)(=O)c1cc(OC)cc(OC)c1. The Morgan fingerprint density at radius 3 is 2.15 bits per heavy atom. The second kappa shape index (κ2) is 7.47. The van der Waals surface area contributed by atoms with Crippen LogP contribution in [0.15, 0.2) is 23.1 Å². The van der Waals surface area contributed by atoms with Crippen molar-refractivity contribution in [1.82, 2.24) is 10.0 Å². The number of methoxy groups -OCH3 is 2. The third-order valence-electron chi connectivity index (χ3n) is 2.77. The highest BCUT2D eigenvalue weighted by Gasteiger charge is 2.17. The molecule has 0 bridgehead atoms. The van der Waals surface area contributed by atoms with Gasteiger partial charge in [0.2, 0.25) is 10.0 Å². The summed E-state index contributed by atoms with van der Waals surface area (Å²) in [7, 11) is -0.633. The number of rotatable bonds is 8. The van der Waals surface area contributed by atoms with Gasteiger partial charge in [-0.05, 0) is 13.5 Å². The average molecular weight is 302 g/mol. The van der Waals surface area contributed by atoms with E-state index in [9.17, 15) is 8.42 Å². The fraction of sp³-hybridized carbons (Fsp3) is 0.538. The van der Waals surface area contributed by atoms with E-state index in [4.69, 9.17) is 9.47 Å². The molecule has 1 aromatic carbocycles. The Labute approximate surface area is 120 Å². The number of ether oxygens (including phenoxy) is 2. The molecule has 0 saturated heterocycles. The molecule has 0 unspecified atom stereocenters. The van der Waals surface area contributed by atoms with Gasteiger partial charge in [-0.1, -0.05) is 6.92 Å². The second-order valence-electron chi connectivity index (χ2n) is 4.36. The van der Waals surface area contributed by atoms with Gasteiger partial charge in [-0.3, -0.25) is 0 Å². The van der Waals surface area contributed by atoms with Gasteiger partial charge in [-0.2, -0.15) is 0 Å². The molecule has 1 atom stereocenters. The van der Waals surface area contributed by atoms with Gasteiger partial charge in [0.1, 0.15) is 11.5 Å². The van der Waals surface area contributed by atoms with E-state index in [1.807, 2.05) is 13.8 Å². The maximum atomic E-state index is 12.2. The minimum Gasteiger partial charge on any atom is -0.497 e. The van der Waals surface area contributed by atoms with E-state index >= 15 is 0 Å². The van der Waals surface area contributed by atoms with Crippen LogP contribution in [0.3, 0.4) is 0 Å². The van der Waals surface area contributed by atoms with E-state index in [2.05, 4.69) is 10.0 Å². The van der Waals surface area contributed by atoms with Gasteiger partial charge in [0.05, 0.1) is 19.1 Å². The lowest BCUT2D eigenvalue weighted by atomic mass is 10.3. The van der Waals surface area contributed by atoms with Crippen molar-refractivity contribution in [2.75, 3.05) is 27.3 Å². The first-order valence-corrected chi connectivity index (χ1v) is 7.87. The highest BCUT2D eigenvalue weighted by atomic mass is 32.2. The number of benzene rings is 1. The van der Waals surface area contributed by atoms with Crippen LogP contribution in [0.25, 0.3) is 0 Å². The quantitative estimate of drug-likeness (QED) is 0.748. The summed E-state index contributed by atoms with van der Waals surface area (Å²) in [5, 5.41) is 3.14. The highest BCUT2D eigenvalue weighted by molar-refractivity contribution is 7.89. The normalized spacial score (nSPS) is 13.0. The van der Waals surface area contributed by atoms with Gasteiger partial charge >= 0.3 is 0 Å². The molecule has 0 aliphatic rings. The zero-order valence-electron chi connectivity index (χ0n) is 12.3. The first-order chi connectivity index (χ1) is 9.42. The van der Waals surface area contributed by atoms with Gasteiger partial charge in [0.25, 0.3) is 0 Å². The Morgan fingerprint density at radius 1 is 1.15 bits per heavy atom. The van der Waals surface area contributed by atoms with E-state index < -0.39 is 10.0 Å². The Bertz CT molecular complexity index is 509. The lowest BCUT2D eigenvalue weighted by Crippen LogP contribution is -2.38. The summed E-state index contributed by atoms with van der Waals surface area (Å²) in [6.07, 6.45) is 0. The predicted octanol–water partition coefficient (Wildman–Crippen LogP) is 0.980. The number of sulfonamides is 1. The van der Waals surface area contributed by atoms with Crippen molar-refractivity contribution in [1.29, 1.82) is 0 Å². The molecule has 0 aliphatic carbocycles. The van der Waals surface area contributed by atoms with Crippen LogP contribution in [0, 0.1) is 0 Å². The zero-order valence-corrected chi connectivity index (χ0v) is 13.1. The molecular weight excluding hydrogens is 280 g/mol. The van der Waals surface area contributed by atoms with Crippen LogP contribution in [0.5, 0.6) is 11.5 Å². The largest absolute Gasteiger partial charge is 0.497 e. The summed E-state index contributed by atoms with van der Waals surface area (Å²) in [6, 6.07) is 4.61. The molecule has 0 fully saturated rings. The van der Waals surface area contributed by atoms with Crippen molar-refractivity contribution >= 4 is 10.0 Å². The fourth-order valence-corrected chi connectivity index (χ4v) is 2.85. The second-order valence-corrected chi connectivity index (χ2v) is 6.13. The Hall–Kier alpha value is -1.31. The van der Waals surface area contributed by atoms with E-state index in [1.54, 1.807) is 6.07 Å². The molecule has 7 heteroatoms. The number of nitrogens with one attached hydrogen (secondary N) is 2. The van der Waals surface area contributed by atoms with Crippen molar-refractivity contribution in [2.24, 2.45) is 0 Å². The third kappa shape index (κ3) is 4.66. The van der Waals surface area contributed by atoms with Crippen LogP contribution < -0.4 is 19.5 Å². The van der Waals surface area contributed by atoms with Gasteiger partial charge in [0.15, 0.2) is 0 Å². The van der Waals surface area contributed by atoms with Crippen LogP contribution in [0.2, 0.25) is 0 Å². The van der Waals surface area contributed by atoms with Crippen LogP contribution in [-0.2, 0) is 10.0 Å². The minimum atomic E-state index is -3.59. The van der Waals surface area contributed by atoms with Gasteiger partial charge in [-0.25, -0.2) is 13.1 Å². The van der Waals surface area contributed by atoms with E-state index in [1.165, 1.54) is 26.4 Å². The fourth-order valence-electron chi connectivity index (χ4n) is 1.68. The van der Waals surface area contributed by atoms with E-state index in [0.29, 0.717) is 18.0 Å². The van der Waals surface area contributed by atoms with E-state index in [-0.39, 0.29) is 10.9 Å². The molecule has 0 radical (unpaired) electrons. The van der Waals surface area contributed by atoms with Crippen molar-refractivity contribution in [3.63, 3.8) is 0 Å². The Kier molecular flexibility index (Phi) is 6.25. The number of hydrogen-bond donors (Lipinski definition) is 2. The van der Waals surface area contributed by atoms with Crippen LogP contribution in [-0.4, -0.2) is 41.8 Å². The molecule has 1 rings (SSSR count). The van der Waals surface area contributed by atoms with Crippen LogP contribution in [0.1, 0.15) is 13.8 Å². The summed E-state index contributed by atoms with van der Waals surface area (Å²) < 4.78 is 37.2. The summed E-state index contributed by atoms with van der Waals surface area (Å²) >= 11 is 0. The maximum absolute atomic E-state index is 12.2. The van der Waals surface area contributed by atoms with Crippen molar-refractivity contribution in [3.05, 3.63) is 18.2 Å². The molecule has 2 N–H and O–H groups in total. The molecule has 114 valence electrons. The van der Waals surface area contributed by atoms with Crippen molar-refractivity contribution in [3.8, 4) is 11.5 Å². The molecule has 0 amide bonds. The maximum Gasteiger partial charge on any atom is 0.240 e. The van der Waals surface area contributed by atoms with E-state index in [0.717, 1.165) is 6.54 Å². The predicted molar refractivity (Wildman–Crippen MR) is 77.9 cm³/mol. The lowest BCUT2D eigenvalue weighted by Gasteiger charge is -2.14. The molecule has 0 aromatic heterocycles. The standard InChI is InChI=1S/C13H22N2O4S/c1-5-14-10(2)9-15-20(16,17)13-7-11(18-3)6-12(8-13)19-4/h6-8,10,14-15H,5,9H2,1-4H3/t10-/m1/s1. The molecule has 0 heterocycles. The summed E-state index contributed by atoms with van der Waals surface area (Å²) in [4.78, 5) is 0.123. The summed E-state index contributed by atoms with van der Waals surface area (Å²) in [5.74, 6) is 0.869. The third-order valence-corrected chi connectivity index (χ3v) is 4.17. The van der Waals surface area contributed by atoms with Crippen molar-refractivity contribution < 1.29 is 17.9 Å². The zero-order chi connectivity index (χ0) is 15.2. The summed E-state index contributed by atoms with van der Waals surface area (Å²) in [6.45, 7) is 4.99. The monoisotopic (exact) mass is 302 g/mol. The van der Waals surface area contributed by atoms with Gasteiger partial charge in [-0.15, -0.1) is 0 Å². The van der Waals surface area contributed by atoms with Crippen molar-refractivity contribution in [2.45, 2.75) is 24.8 Å². The van der Waals surface area contributed by atoms with Gasteiger partial charge < -0.3 is 14.8 Å². The molecule has 0 saturated carbocycles. The van der Waals surface area contributed by atoms with Crippen LogP contribution >= 0.6 is 0 Å². The van der Waals surface area contributed by atoms with Gasteiger partial charge in [0, 0.05) is 30.8 Å². The average Bonchev–Trinajstić information content (AvgIpc) is 2.45.